The van der Waals surface area contributed by atoms with Crippen molar-refractivity contribution in [2.75, 3.05) is 26.2 Å². The summed E-state index contributed by atoms with van der Waals surface area (Å²) < 4.78 is 0. The van der Waals surface area contributed by atoms with Crippen molar-refractivity contribution in [2.45, 2.75) is 25.8 Å². The Kier molecular flexibility index (Phi) is 5.76. The lowest BCUT2D eigenvalue weighted by Gasteiger charge is -2.14. The number of oxime groups is 1. The van der Waals surface area contributed by atoms with Gasteiger partial charge in [0.25, 0.3) is 0 Å². The van der Waals surface area contributed by atoms with Gasteiger partial charge in [-0.2, -0.15) is 0 Å². The summed E-state index contributed by atoms with van der Waals surface area (Å²) in [6.07, 6.45) is 5.46. The van der Waals surface area contributed by atoms with Crippen LogP contribution in [0.15, 0.2) is 23.5 Å². The highest BCUT2D eigenvalue weighted by atomic mass is 16.4. The van der Waals surface area contributed by atoms with E-state index in [1.165, 1.54) is 25.9 Å². The topological polar surface area (TPSA) is 86.8 Å². The van der Waals surface area contributed by atoms with Crippen molar-refractivity contribution in [3.63, 3.8) is 0 Å². The fourth-order valence-corrected chi connectivity index (χ4v) is 2.52. The monoisotopic (exact) mass is 277 g/mol. The summed E-state index contributed by atoms with van der Waals surface area (Å²) >= 11 is 0. The molecule has 2 heterocycles. The van der Waals surface area contributed by atoms with Crippen LogP contribution in [0.2, 0.25) is 0 Å². The number of rotatable bonds is 7. The van der Waals surface area contributed by atoms with E-state index in [4.69, 9.17) is 10.9 Å². The fourth-order valence-electron chi connectivity index (χ4n) is 2.52. The van der Waals surface area contributed by atoms with Crippen LogP contribution >= 0.6 is 0 Å². The summed E-state index contributed by atoms with van der Waals surface area (Å²) in [7, 11) is 0. The van der Waals surface area contributed by atoms with Crippen molar-refractivity contribution >= 4 is 5.84 Å². The van der Waals surface area contributed by atoms with E-state index in [1.54, 1.807) is 6.20 Å². The van der Waals surface area contributed by atoms with Gasteiger partial charge in [0.2, 0.25) is 0 Å². The summed E-state index contributed by atoms with van der Waals surface area (Å²) in [6.45, 7) is 5.29. The molecule has 0 saturated carbocycles. The van der Waals surface area contributed by atoms with Crippen molar-refractivity contribution in [1.29, 1.82) is 0 Å². The molecular weight excluding hydrogens is 254 g/mol. The maximum atomic E-state index is 8.74. The number of hydrogen-bond donors (Lipinski definition) is 3. The van der Waals surface area contributed by atoms with Crippen molar-refractivity contribution in [3.05, 3.63) is 29.6 Å². The average Bonchev–Trinajstić information content (AvgIpc) is 3.00. The summed E-state index contributed by atoms with van der Waals surface area (Å²) in [5, 5.41) is 15.1. The third-order valence-electron chi connectivity index (χ3n) is 3.58. The van der Waals surface area contributed by atoms with Crippen molar-refractivity contribution < 1.29 is 5.21 Å². The first-order valence-corrected chi connectivity index (χ1v) is 7.16. The van der Waals surface area contributed by atoms with Gasteiger partial charge >= 0.3 is 0 Å². The van der Waals surface area contributed by atoms with Crippen LogP contribution in [0.1, 0.15) is 30.5 Å². The largest absolute Gasteiger partial charge is 0.409 e. The lowest BCUT2D eigenvalue weighted by molar-refractivity contribution is 0.318. The van der Waals surface area contributed by atoms with E-state index in [2.05, 4.69) is 20.4 Å². The Hall–Kier alpha value is -1.66. The molecule has 1 aromatic heterocycles. The van der Waals surface area contributed by atoms with Crippen LogP contribution in [0.25, 0.3) is 0 Å². The molecule has 6 nitrogen and oxygen atoms in total. The van der Waals surface area contributed by atoms with Crippen LogP contribution < -0.4 is 11.1 Å². The zero-order valence-corrected chi connectivity index (χ0v) is 11.8. The Morgan fingerprint density at radius 3 is 3.00 bits per heavy atom. The second kappa shape index (κ2) is 7.81. The van der Waals surface area contributed by atoms with Gasteiger partial charge in [0.15, 0.2) is 5.84 Å². The molecule has 6 heteroatoms. The molecule has 0 bridgehead atoms. The predicted molar refractivity (Wildman–Crippen MR) is 78.7 cm³/mol. The Morgan fingerprint density at radius 2 is 2.25 bits per heavy atom. The Morgan fingerprint density at radius 1 is 1.45 bits per heavy atom. The van der Waals surface area contributed by atoms with Gasteiger partial charge < -0.3 is 21.2 Å². The second-order valence-electron chi connectivity index (χ2n) is 5.08. The molecule has 4 N–H and O–H groups in total. The molecule has 0 spiro atoms. The number of amidine groups is 1. The van der Waals surface area contributed by atoms with Gasteiger partial charge in [-0.1, -0.05) is 11.2 Å². The zero-order valence-electron chi connectivity index (χ0n) is 11.8. The van der Waals surface area contributed by atoms with Crippen LogP contribution in [-0.2, 0) is 6.54 Å². The number of aromatic nitrogens is 1. The van der Waals surface area contributed by atoms with Gasteiger partial charge in [-0.25, -0.2) is 0 Å². The first-order valence-electron chi connectivity index (χ1n) is 7.16. The average molecular weight is 277 g/mol. The molecule has 20 heavy (non-hydrogen) atoms. The molecule has 1 aliphatic rings. The van der Waals surface area contributed by atoms with Crippen LogP contribution in [0.5, 0.6) is 0 Å². The lowest BCUT2D eigenvalue weighted by atomic mass is 10.2. The van der Waals surface area contributed by atoms with E-state index in [0.717, 1.165) is 25.1 Å². The SMILES string of the molecule is NC(=NO)c1ncccc1CNCCCN1CCCC1. The molecule has 0 aromatic carbocycles. The number of pyridine rings is 1. The first kappa shape index (κ1) is 14.7. The lowest BCUT2D eigenvalue weighted by Crippen LogP contribution is -2.25. The number of nitrogens with one attached hydrogen (secondary N) is 1. The van der Waals surface area contributed by atoms with E-state index in [1.807, 2.05) is 12.1 Å². The van der Waals surface area contributed by atoms with E-state index < -0.39 is 0 Å². The van der Waals surface area contributed by atoms with Crippen LogP contribution in [-0.4, -0.2) is 47.1 Å². The predicted octanol–water partition coefficient (Wildman–Crippen LogP) is 0.752. The van der Waals surface area contributed by atoms with Gasteiger partial charge in [0.1, 0.15) is 5.69 Å². The molecule has 0 radical (unpaired) electrons. The third-order valence-corrected chi connectivity index (χ3v) is 3.58. The van der Waals surface area contributed by atoms with E-state index in [9.17, 15) is 0 Å². The maximum Gasteiger partial charge on any atom is 0.189 e. The smallest absolute Gasteiger partial charge is 0.189 e. The fraction of sp³-hybridized carbons (Fsp3) is 0.571. The minimum atomic E-state index is 0.0551. The zero-order chi connectivity index (χ0) is 14.2. The molecule has 0 atom stereocenters. The Labute approximate surface area is 119 Å². The van der Waals surface area contributed by atoms with E-state index >= 15 is 0 Å². The maximum absolute atomic E-state index is 8.74. The number of nitrogens with two attached hydrogens (primary N) is 1. The summed E-state index contributed by atoms with van der Waals surface area (Å²) in [5.74, 6) is 0.0551. The second-order valence-corrected chi connectivity index (χ2v) is 5.08. The van der Waals surface area contributed by atoms with Gasteiger partial charge in [-0.15, -0.1) is 0 Å². The van der Waals surface area contributed by atoms with E-state index in [0.29, 0.717) is 12.2 Å². The Balaban J connectivity index is 1.73. The van der Waals surface area contributed by atoms with Gasteiger partial charge in [0, 0.05) is 12.7 Å². The molecule has 0 aliphatic carbocycles. The number of hydrogen-bond acceptors (Lipinski definition) is 5. The molecule has 1 aromatic rings. The summed E-state index contributed by atoms with van der Waals surface area (Å²) in [4.78, 5) is 6.65. The minimum Gasteiger partial charge on any atom is -0.409 e. The third kappa shape index (κ3) is 4.18. The van der Waals surface area contributed by atoms with Gasteiger partial charge in [-0.05, 0) is 57.1 Å². The molecule has 0 amide bonds. The minimum absolute atomic E-state index is 0.0551. The number of likely N-dealkylation sites (tertiary alicyclic amines) is 1. The molecule has 1 fully saturated rings. The standard InChI is InChI=1S/C14H23N5O/c15-14(18-20)13-12(5-3-7-17-13)11-16-6-4-10-19-8-1-2-9-19/h3,5,7,16,20H,1-2,4,6,8-11H2,(H2,15,18). The van der Waals surface area contributed by atoms with Crippen molar-refractivity contribution in [1.82, 2.24) is 15.2 Å². The quantitative estimate of drug-likeness (QED) is 0.225. The molecule has 1 aliphatic heterocycles. The molecule has 1 saturated heterocycles. The van der Waals surface area contributed by atoms with Crippen molar-refractivity contribution in [3.8, 4) is 0 Å². The van der Waals surface area contributed by atoms with E-state index in [-0.39, 0.29) is 5.84 Å². The van der Waals surface area contributed by atoms with Crippen LogP contribution in [0, 0.1) is 0 Å². The van der Waals surface area contributed by atoms with Crippen LogP contribution in [0.4, 0.5) is 0 Å². The number of nitrogens with zero attached hydrogens (tertiary/aromatic N) is 3. The highest BCUT2D eigenvalue weighted by molar-refractivity contribution is 5.96. The normalized spacial score (nSPS) is 16.7. The highest BCUT2D eigenvalue weighted by Gasteiger charge is 2.10. The van der Waals surface area contributed by atoms with Gasteiger partial charge in [-0.3, -0.25) is 4.98 Å². The van der Waals surface area contributed by atoms with Gasteiger partial charge in [0.05, 0.1) is 0 Å². The van der Waals surface area contributed by atoms with Crippen molar-refractivity contribution in [2.24, 2.45) is 10.9 Å². The Bertz CT molecular complexity index is 443. The molecule has 2 rings (SSSR count). The summed E-state index contributed by atoms with van der Waals surface area (Å²) in [5.41, 5.74) is 7.10. The van der Waals surface area contributed by atoms with Crippen LogP contribution in [0.3, 0.4) is 0 Å². The first-order chi connectivity index (χ1) is 9.81. The molecule has 0 unspecified atom stereocenters. The highest BCUT2D eigenvalue weighted by Crippen LogP contribution is 2.07. The molecule has 110 valence electrons. The summed E-state index contributed by atoms with van der Waals surface area (Å²) in [6, 6.07) is 3.79. The molecular formula is C14H23N5O.